The minimum Gasteiger partial charge on any atom is -0.480 e. The lowest BCUT2D eigenvalue weighted by molar-refractivity contribution is -0.0364. The summed E-state index contributed by atoms with van der Waals surface area (Å²) in [5, 5.41) is 6.70. The predicted octanol–water partition coefficient (Wildman–Crippen LogP) is 3.53. The zero-order chi connectivity index (χ0) is 22.0. The number of halogens is 2. The molecule has 0 fully saturated rings. The summed E-state index contributed by atoms with van der Waals surface area (Å²) in [7, 11) is 1.49. The number of aryl methyl sites for hydroxylation is 2. The number of alkyl halides is 2. The fraction of sp³-hybridized carbons (Fsp3) is 0.273. The number of carbonyl (C=O) groups is 1. The van der Waals surface area contributed by atoms with E-state index in [2.05, 4.69) is 32.2 Å². The van der Waals surface area contributed by atoms with Crippen LogP contribution < -0.4 is 10.1 Å². The number of benzene rings is 1. The average Bonchev–Trinajstić information content (AvgIpc) is 3.17. The Morgan fingerprint density at radius 3 is 2.84 bits per heavy atom. The number of nitrogens with one attached hydrogen (secondary N) is 1. The van der Waals surface area contributed by atoms with Crippen LogP contribution in [-0.2, 0) is 12.5 Å². The molecule has 31 heavy (non-hydrogen) atoms. The summed E-state index contributed by atoms with van der Waals surface area (Å²) in [6.07, 6.45) is 3.03. The Labute approximate surface area is 177 Å². The van der Waals surface area contributed by atoms with E-state index in [4.69, 9.17) is 4.74 Å². The van der Waals surface area contributed by atoms with Crippen molar-refractivity contribution in [2.45, 2.75) is 32.2 Å². The summed E-state index contributed by atoms with van der Waals surface area (Å²) in [5.74, 6) is 3.01. The Bertz CT molecular complexity index is 1210. The van der Waals surface area contributed by atoms with Crippen LogP contribution in [0.2, 0.25) is 0 Å². The van der Waals surface area contributed by atoms with Gasteiger partial charge < -0.3 is 10.1 Å². The minimum atomic E-state index is -2.94. The van der Waals surface area contributed by atoms with Gasteiger partial charge in [0.2, 0.25) is 5.88 Å². The lowest BCUT2D eigenvalue weighted by Gasteiger charge is -2.22. The number of fused-ring (bicyclic) bond motifs is 1. The molecular formula is C22H19F2N5O2. The number of nitrogens with zero attached hydrogens (tertiary/aromatic N) is 4. The highest BCUT2D eigenvalue weighted by Crippen LogP contribution is 2.37. The van der Waals surface area contributed by atoms with Crippen LogP contribution in [0, 0.1) is 18.8 Å². The lowest BCUT2D eigenvalue weighted by atomic mass is 10.0. The number of rotatable bonds is 3. The van der Waals surface area contributed by atoms with Crippen LogP contribution >= 0.6 is 0 Å². The van der Waals surface area contributed by atoms with Crippen LogP contribution in [0.4, 0.5) is 14.6 Å². The first-order valence-electron chi connectivity index (χ1n) is 9.61. The quantitative estimate of drug-likeness (QED) is 0.652. The second kappa shape index (κ2) is 8.14. The summed E-state index contributed by atoms with van der Waals surface area (Å²) >= 11 is 0. The molecule has 1 aliphatic rings. The maximum atomic E-state index is 14.0. The molecule has 2 aromatic heterocycles. The Kier molecular flexibility index (Phi) is 5.38. The van der Waals surface area contributed by atoms with Crippen molar-refractivity contribution in [3.8, 4) is 17.7 Å². The molecule has 1 aliphatic heterocycles. The highest BCUT2D eigenvalue weighted by atomic mass is 19.3. The van der Waals surface area contributed by atoms with Crippen LogP contribution in [0.1, 0.15) is 45.6 Å². The van der Waals surface area contributed by atoms with Gasteiger partial charge in [0, 0.05) is 36.4 Å². The molecule has 0 atom stereocenters. The molecule has 1 N–H and O–H groups in total. The van der Waals surface area contributed by atoms with Crippen LogP contribution in [0.15, 0.2) is 36.8 Å². The first-order chi connectivity index (χ1) is 14.9. The molecule has 1 amide bonds. The monoisotopic (exact) mass is 423 g/mol. The molecule has 4 rings (SSSR count). The number of amides is 1. The Morgan fingerprint density at radius 2 is 2.06 bits per heavy atom. The van der Waals surface area contributed by atoms with Crippen molar-refractivity contribution < 1.29 is 18.3 Å². The van der Waals surface area contributed by atoms with Gasteiger partial charge in [0.1, 0.15) is 17.6 Å². The summed E-state index contributed by atoms with van der Waals surface area (Å²) in [5.41, 5.74) is 2.18. The zero-order valence-corrected chi connectivity index (χ0v) is 16.9. The predicted molar refractivity (Wildman–Crippen MR) is 109 cm³/mol. The van der Waals surface area contributed by atoms with Crippen LogP contribution in [0.5, 0.6) is 5.88 Å². The topological polar surface area (TPSA) is 81.9 Å². The SMILES string of the molecule is COc1ncncc1C#Cc1cc(C(=O)Nc2cc3n(n2)CCCC3(F)F)ccc1C. The molecule has 0 spiro atoms. The number of carbonyl (C=O) groups excluding carboxylic acids is 1. The molecule has 9 heteroatoms. The molecule has 7 nitrogen and oxygen atoms in total. The van der Waals surface area contributed by atoms with E-state index in [0.717, 1.165) is 5.56 Å². The van der Waals surface area contributed by atoms with Gasteiger partial charge in [0.05, 0.1) is 7.11 Å². The third kappa shape index (κ3) is 4.23. The summed E-state index contributed by atoms with van der Waals surface area (Å²) in [6.45, 7) is 2.27. The number of hydrogen-bond donors (Lipinski definition) is 1. The minimum absolute atomic E-state index is 0.0981. The van der Waals surface area contributed by atoms with Crippen molar-refractivity contribution in [3.63, 3.8) is 0 Å². The van der Waals surface area contributed by atoms with Crippen LogP contribution in [0.3, 0.4) is 0 Å². The van der Waals surface area contributed by atoms with E-state index in [0.29, 0.717) is 35.5 Å². The van der Waals surface area contributed by atoms with Crippen molar-refractivity contribution in [3.05, 3.63) is 64.7 Å². The van der Waals surface area contributed by atoms with Gasteiger partial charge in [-0.2, -0.15) is 13.9 Å². The molecule has 0 unspecified atom stereocenters. The second-order valence-electron chi connectivity index (χ2n) is 7.13. The van der Waals surface area contributed by atoms with Crippen LogP contribution in [0.25, 0.3) is 0 Å². The van der Waals surface area contributed by atoms with Crippen molar-refractivity contribution in [2.24, 2.45) is 0 Å². The Hall–Kier alpha value is -3.80. The third-order valence-electron chi connectivity index (χ3n) is 4.96. The van der Waals surface area contributed by atoms with Gasteiger partial charge in [-0.1, -0.05) is 17.9 Å². The standard InChI is InChI=1S/C22H19F2N5O2/c1-14-4-5-16(10-15(14)6-7-17-12-25-13-26-21(17)31-2)20(30)27-19-11-18-22(23,24)8-3-9-29(18)28-19/h4-5,10-13H,3,8-9H2,1-2H3,(H,27,28,30). The van der Waals surface area contributed by atoms with E-state index in [1.165, 1.54) is 24.2 Å². The first kappa shape index (κ1) is 20.5. The highest BCUT2D eigenvalue weighted by Gasteiger charge is 2.38. The van der Waals surface area contributed by atoms with Gasteiger partial charge in [0.15, 0.2) is 5.82 Å². The molecule has 158 valence electrons. The molecule has 0 radical (unpaired) electrons. The van der Waals surface area contributed by atoms with Crippen molar-refractivity contribution in [1.29, 1.82) is 0 Å². The number of anilines is 1. The van der Waals surface area contributed by atoms with Gasteiger partial charge in [-0.05, 0) is 31.0 Å². The zero-order valence-electron chi connectivity index (χ0n) is 16.9. The summed E-state index contributed by atoms with van der Waals surface area (Å²) in [4.78, 5) is 20.6. The number of aromatic nitrogens is 4. The highest BCUT2D eigenvalue weighted by molar-refractivity contribution is 6.04. The number of hydrogen-bond acceptors (Lipinski definition) is 5. The maximum absolute atomic E-state index is 14.0. The van der Waals surface area contributed by atoms with E-state index >= 15 is 0 Å². The molecule has 1 aromatic carbocycles. The van der Waals surface area contributed by atoms with Gasteiger partial charge in [-0.3, -0.25) is 9.48 Å². The van der Waals surface area contributed by atoms with Crippen LogP contribution in [-0.4, -0.2) is 32.8 Å². The maximum Gasteiger partial charge on any atom is 0.289 e. The fourth-order valence-corrected chi connectivity index (χ4v) is 3.31. The number of ether oxygens (including phenoxy) is 1. The molecule has 3 heterocycles. The second-order valence-corrected chi connectivity index (χ2v) is 7.13. The molecular weight excluding hydrogens is 404 g/mol. The van der Waals surface area contributed by atoms with E-state index < -0.39 is 11.8 Å². The van der Waals surface area contributed by atoms with Gasteiger partial charge in [-0.15, -0.1) is 0 Å². The number of methoxy groups -OCH3 is 1. The largest absolute Gasteiger partial charge is 0.480 e. The molecule has 0 aliphatic carbocycles. The van der Waals surface area contributed by atoms with E-state index in [-0.39, 0.29) is 17.9 Å². The Balaban J connectivity index is 1.57. The van der Waals surface area contributed by atoms with Gasteiger partial charge in [0.25, 0.3) is 11.8 Å². The molecule has 0 bridgehead atoms. The van der Waals surface area contributed by atoms with E-state index in [1.807, 2.05) is 6.92 Å². The smallest absolute Gasteiger partial charge is 0.289 e. The normalized spacial score (nSPS) is 14.2. The molecule has 3 aromatic rings. The summed E-state index contributed by atoms with van der Waals surface area (Å²) < 4.78 is 34.5. The first-order valence-corrected chi connectivity index (χ1v) is 9.61. The third-order valence-corrected chi connectivity index (χ3v) is 4.96. The molecule has 0 saturated carbocycles. The Morgan fingerprint density at radius 1 is 1.26 bits per heavy atom. The van der Waals surface area contributed by atoms with Crippen molar-refractivity contribution in [2.75, 3.05) is 12.4 Å². The summed E-state index contributed by atoms with van der Waals surface area (Å²) in [6, 6.07) is 6.28. The average molecular weight is 423 g/mol. The van der Waals surface area contributed by atoms with Crippen molar-refractivity contribution >= 4 is 11.7 Å². The van der Waals surface area contributed by atoms with Gasteiger partial charge in [-0.25, -0.2) is 9.97 Å². The van der Waals surface area contributed by atoms with E-state index in [1.54, 1.807) is 24.4 Å². The van der Waals surface area contributed by atoms with Crippen molar-refractivity contribution in [1.82, 2.24) is 19.7 Å². The van der Waals surface area contributed by atoms with Gasteiger partial charge >= 0.3 is 0 Å². The molecule has 0 saturated heterocycles. The lowest BCUT2D eigenvalue weighted by Crippen LogP contribution is -2.25. The van der Waals surface area contributed by atoms with E-state index in [9.17, 15) is 13.6 Å². The fourth-order valence-electron chi connectivity index (χ4n) is 3.31.